The molecule has 0 aliphatic rings. The smallest absolute Gasteiger partial charge is 0.227 e. The van der Waals surface area contributed by atoms with E-state index in [4.69, 9.17) is 14.7 Å². The van der Waals surface area contributed by atoms with Crippen LogP contribution in [0, 0.1) is 11.3 Å². The number of hydrogen-bond acceptors (Lipinski definition) is 4. The molecule has 1 aromatic carbocycles. The van der Waals surface area contributed by atoms with Crippen molar-refractivity contribution in [3.8, 4) is 17.6 Å². The van der Waals surface area contributed by atoms with Crippen molar-refractivity contribution in [3.05, 3.63) is 18.2 Å². The van der Waals surface area contributed by atoms with Gasteiger partial charge in [0.2, 0.25) is 5.91 Å². The van der Waals surface area contributed by atoms with Gasteiger partial charge in [-0.2, -0.15) is 5.26 Å². The zero-order chi connectivity index (χ0) is 13.5. The van der Waals surface area contributed by atoms with Gasteiger partial charge in [0.05, 0.1) is 26.0 Å². The number of amides is 1. The first-order valence-electron chi connectivity index (χ1n) is 5.49. The molecule has 0 N–H and O–H groups in total. The summed E-state index contributed by atoms with van der Waals surface area (Å²) in [6.07, 6.45) is 0.392. The van der Waals surface area contributed by atoms with Crippen molar-refractivity contribution in [3.63, 3.8) is 0 Å². The molecule has 5 heteroatoms. The molecule has 0 aromatic heterocycles. The SMILES string of the molecule is COc1ccc(OC)c(N(C)C(=O)CCC#N)c1. The summed E-state index contributed by atoms with van der Waals surface area (Å²) in [5.74, 6) is 1.09. The average Bonchev–Trinajstić information content (AvgIpc) is 2.43. The van der Waals surface area contributed by atoms with Crippen LogP contribution >= 0.6 is 0 Å². The number of carbonyl (C=O) groups is 1. The summed E-state index contributed by atoms with van der Waals surface area (Å²) in [6, 6.07) is 7.18. The van der Waals surface area contributed by atoms with Crippen molar-refractivity contribution in [2.45, 2.75) is 12.8 Å². The van der Waals surface area contributed by atoms with Crippen molar-refractivity contribution in [1.82, 2.24) is 0 Å². The Kier molecular flexibility index (Phi) is 5.00. The van der Waals surface area contributed by atoms with E-state index in [1.807, 2.05) is 6.07 Å². The van der Waals surface area contributed by atoms with Crippen LogP contribution in [0.2, 0.25) is 0 Å². The summed E-state index contributed by atoms with van der Waals surface area (Å²) < 4.78 is 10.3. The van der Waals surface area contributed by atoms with Gasteiger partial charge in [0, 0.05) is 26.0 Å². The molecule has 1 aromatic rings. The Morgan fingerprint density at radius 2 is 2.11 bits per heavy atom. The molecule has 1 amide bonds. The van der Waals surface area contributed by atoms with E-state index in [-0.39, 0.29) is 18.7 Å². The first kappa shape index (κ1) is 13.8. The quantitative estimate of drug-likeness (QED) is 0.799. The first-order chi connectivity index (χ1) is 8.63. The van der Waals surface area contributed by atoms with E-state index in [1.54, 1.807) is 39.5 Å². The zero-order valence-corrected chi connectivity index (χ0v) is 10.8. The van der Waals surface area contributed by atoms with Crippen molar-refractivity contribution in [2.75, 3.05) is 26.2 Å². The maximum atomic E-state index is 11.8. The monoisotopic (exact) mass is 248 g/mol. The van der Waals surface area contributed by atoms with Crippen LogP contribution in [0.25, 0.3) is 0 Å². The highest BCUT2D eigenvalue weighted by molar-refractivity contribution is 5.94. The lowest BCUT2D eigenvalue weighted by atomic mass is 10.2. The fraction of sp³-hybridized carbons (Fsp3) is 0.385. The van der Waals surface area contributed by atoms with Gasteiger partial charge >= 0.3 is 0 Å². The Morgan fingerprint density at radius 1 is 1.39 bits per heavy atom. The summed E-state index contributed by atoms with van der Waals surface area (Å²) in [5.41, 5.74) is 0.625. The van der Waals surface area contributed by atoms with Gasteiger partial charge in [-0.05, 0) is 12.1 Å². The van der Waals surface area contributed by atoms with Gasteiger partial charge in [0.25, 0.3) is 0 Å². The number of nitriles is 1. The van der Waals surface area contributed by atoms with Crippen LogP contribution < -0.4 is 14.4 Å². The van der Waals surface area contributed by atoms with Crippen molar-refractivity contribution < 1.29 is 14.3 Å². The summed E-state index contributed by atoms with van der Waals surface area (Å²) in [7, 11) is 4.75. The fourth-order valence-electron chi connectivity index (χ4n) is 1.52. The van der Waals surface area contributed by atoms with Crippen molar-refractivity contribution in [2.24, 2.45) is 0 Å². The van der Waals surface area contributed by atoms with Crippen molar-refractivity contribution in [1.29, 1.82) is 5.26 Å². The number of rotatable bonds is 5. The van der Waals surface area contributed by atoms with Gasteiger partial charge in [-0.3, -0.25) is 4.79 Å². The van der Waals surface area contributed by atoms with E-state index in [0.29, 0.717) is 17.2 Å². The molecular weight excluding hydrogens is 232 g/mol. The Hall–Kier alpha value is -2.22. The molecule has 18 heavy (non-hydrogen) atoms. The molecule has 1 rings (SSSR count). The molecular formula is C13H16N2O3. The summed E-state index contributed by atoms with van der Waals surface area (Å²) in [4.78, 5) is 13.3. The Bertz CT molecular complexity index is 466. The van der Waals surface area contributed by atoms with Gasteiger partial charge in [-0.25, -0.2) is 0 Å². The van der Waals surface area contributed by atoms with Gasteiger partial charge in [-0.15, -0.1) is 0 Å². The van der Waals surface area contributed by atoms with Crippen LogP contribution in [0.1, 0.15) is 12.8 Å². The molecule has 0 spiro atoms. The van der Waals surface area contributed by atoms with Gasteiger partial charge in [-0.1, -0.05) is 0 Å². The van der Waals surface area contributed by atoms with Crippen LogP contribution in [-0.2, 0) is 4.79 Å². The van der Waals surface area contributed by atoms with Crippen LogP contribution in [0.4, 0.5) is 5.69 Å². The molecule has 0 atom stereocenters. The van der Waals surface area contributed by atoms with E-state index in [9.17, 15) is 4.79 Å². The molecule has 0 saturated carbocycles. The minimum atomic E-state index is -0.136. The Balaban J connectivity index is 2.99. The first-order valence-corrected chi connectivity index (χ1v) is 5.49. The van der Waals surface area contributed by atoms with Crippen LogP contribution in [0.15, 0.2) is 18.2 Å². The average molecular weight is 248 g/mol. The minimum absolute atomic E-state index is 0.136. The minimum Gasteiger partial charge on any atom is -0.497 e. The molecule has 0 unspecified atom stereocenters. The summed E-state index contributed by atoms with van der Waals surface area (Å²) >= 11 is 0. The Morgan fingerprint density at radius 3 is 2.67 bits per heavy atom. The lowest BCUT2D eigenvalue weighted by molar-refractivity contribution is -0.118. The van der Waals surface area contributed by atoms with Crippen molar-refractivity contribution >= 4 is 11.6 Å². The standard InChI is InChI=1S/C13H16N2O3/c1-15(13(16)5-4-8-14)11-9-10(17-2)6-7-12(11)18-3/h6-7,9H,4-5H2,1-3H3. The molecule has 0 saturated heterocycles. The maximum Gasteiger partial charge on any atom is 0.227 e. The number of ether oxygens (including phenoxy) is 2. The predicted molar refractivity (Wildman–Crippen MR) is 67.8 cm³/mol. The van der Waals surface area contributed by atoms with E-state index in [0.717, 1.165) is 0 Å². The third-order valence-electron chi connectivity index (χ3n) is 2.57. The summed E-state index contributed by atoms with van der Waals surface area (Å²) in [6.45, 7) is 0. The lowest BCUT2D eigenvalue weighted by Crippen LogP contribution is -2.26. The van der Waals surface area contributed by atoms with E-state index in [2.05, 4.69) is 0 Å². The highest BCUT2D eigenvalue weighted by Gasteiger charge is 2.15. The number of hydrogen-bond donors (Lipinski definition) is 0. The molecule has 5 nitrogen and oxygen atoms in total. The number of benzene rings is 1. The van der Waals surface area contributed by atoms with Crippen LogP contribution in [0.3, 0.4) is 0 Å². The Labute approximate surface area is 107 Å². The molecule has 96 valence electrons. The fourth-order valence-corrected chi connectivity index (χ4v) is 1.52. The van der Waals surface area contributed by atoms with Crippen LogP contribution in [-0.4, -0.2) is 27.2 Å². The predicted octanol–water partition coefficient (Wildman–Crippen LogP) is 1.97. The van der Waals surface area contributed by atoms with Crippen LogP contribution in [0.5, 0.6) is 11.5 Å². The highest BCUT2D eigenvalue weighted by atomic mass is 16.5. The normalized spacial score (nSPS) is 9.44. The lowest BCUT2D eigenvalue weighted by Gasteiger charge is -2.20. The molecule has 0 heterocycles. The molecule has 0 aliphatic carbocycles. The third-order valence-corrected chi connectivity index (χ3v) is 2.57. The molecule has 0 radical (unpaired) electrons. The molecule has 0 fully saturated rings. The maximum absolute atomic E-state index is 11.8. The topological polar surface area (TPSA) is 62.6 Å². The second-order valence-electron chi connectivity index (χ2n) is 3.65. The highest BCUT2D eigenvalue weighted by Crippen LogP contribution is 2.31. The zero-order valence-electron chi connectivity index (χ0n) is 10.8. The molecule has 0 aliphatic heterocycles. The number of methoxy groups -OCH3 is 2. The second kappa shape index (κ2) is 6.50. The number of anilines is 1. The van der Waals surface area contributed by atoms with Gasteiger partial charge in [0.1, 0.15) is 11.5 Å². The number of carbonyl (C=O) groups excluding carboxylic acids is 1. The van der Waals surface area contributed by atoms with Gasteiger partial charge in [0.15, 0.2) is 0 Å². The number of nitrogens with zero attached hydrogens (tertiary/aromatic N) is 2. The van der Waals surface area contributed by atoms with Gasteiger partial charge < -0.3 is 14.4 Å². The summed E-state index contributed by atoms with van der Waals surface area (Å²) in [5, 5.41) is 8.48. The van der Waals surface area contributed by atoms with E-state index >= 15 is 0 Å². The third kappa shape index (κ3) is 3.14. The van der Waals surface area contributed by atoms with E-state index in [1.165, 1.54) is 4.90 Å². The van der Waals surface area contributed by atoms with E-state index < -0.39 is 0 Å². The molecule has 0 bridgehead atoms. The largest absolute Gasteiger partial charge is 0.497 e. The second-order valence-corrected chi connectivity index (χ2v) is 3.65.